The Balaban J connectivity index is 2.16. The Labute approximate surface area is 99.1 Å². The van der Waals surface area contributed by atoms with Gasteiger partial charge in [0.05, 0.1) is 24.0 Å². The highest BCUT2D eigenvalue weighted by Crippen LogP contribution is 2.18. The van der Waals surface area contributed by atoms with Crippen LogP contribution in [0.25, 0.3) is 0 Å². The van der Waals surface area contributed by atoms with Crippen LogP contribution >= 0.6 is 0 Å². The molecule has 1 heterocycles. The summed E-state index contributed by atoms with van der Waals surface area (Å²) in [6, 6.07) is 0. The lowest BCUT2D eigenvalue weighted by atomic mass is 10.1. The van der Waals surface area contributed by atoms with Crippen LogP contribution in [0.2, 0.25) is 0 Å². The van der Waals surface area contributed by atoms with E-state index in [4.69, 9.17) is 9.84 Å². The summed E-state index contributed by atoms with van der Waals surface area (Å²) in [7, 11) is -3.06. The standard InChI is InChI=1S/C9H15NO6S/c11-8(12)5-16-3-2-10-9(13)7-1-4-17(14,15)6-7/h7H,1-6H2,(H,10,13)(H,11,12). The number of carbonyl (C=O) groups excluding carboxylic acids is 1. The van der Waals surface area contributed by atoms with E-state index in [9.17, 15) is 18.0 Å². The van der Waals surface area contributed by atoms with Crippen molar-refractivity contribution in [3.8, 4) is 0 Å². The third-order valence-corrected chi connectivity index (χ3v) is 4.14. The first-order valence-corrected chi connectivity index (χ1v) is 7.00. The van der Waals surface area contributed by atoms with Gasteiger partial charge in [0.2, 0.25) is 5.91 Å². The van der Waals surface area contributed by atoms with Crippen molar-refractivity contribution < 1.29 is 27.9 Å². The molecule has 7 nitrogen and oxygen atoms in total. The summed E-state index contributed by atoms with van der Waals surface area (Å²) in [4.78, 5) is 21.6. The SMILES string of the molecule is O=C(O)COCCNC(=O)C1CCS(=O)(=O)C1. The van der Waals surface area contributed by atoms with E-state index in [0.717, 1.165) is 0 Å². The van der Waals surface area contributed by atoms with Crippen LogP contribution in [-0.2, 0) is 24.2 Å². The molecule has 0 saturated carbocycles. The lowest BCUT2D eigenvalue weighted by Crippen LogP contribution is -2.34. The molecule has 8 heteroatoms. The molecule has 1 rings (SSSR count). The molecule has 1 saturated heterocycles. The Morgan fingerprint density at radius 1 is 1.41 bits per heavy atom. The van der Waals surface area contributed by atoms with Crippen molar-refractivity contribution in [2.24, 2.45) is 5.92 Å². The number of carboxylic acids is 1. The zero-order valence-corrected chi connectivity index (χ0v) is 10.0. The zero-order valence-electron chi connectivity index (χ0n) is 9.22. The first kappa shape index (κ1) is 13.9. The molecule has 1 aliphatic rings. The van der Waals surface area contributed by atoms with Gasteiger partial charge in [-0.05, 0) is 6.42 Å². The predicted molar refractivity (Wildman–Crippen MR) is 58.2 cm³/mol. The maximum absolute atomic E-state index is 11.5. The first-order chi connectivity index (χ1) is 7.91. The highest BCUT2D eigenvalue weighted by molar-refractivity contribution is 7.91. The van der Waals surface area contributed by atoms with E-state index in [-0.39, 0.29) is 30.6 Å². The van der Waals surface area contributed by atoms with Gasteiger partial charge in [0, 0.05) is 6.54 Å². The molecule has 17 heavy (non-hydrogen) atoms. The fourth-order valence-corrected chi connectivity index (χ4v) is 3.29. The number of nitrogens with one attached hydrogen (secondary N) is 1. The number of hydrogen-bond acceptors (Lipinski definition) is 5. The van der Waals surface area contributed by atoms with E-state index in [1.54, 1.807) is 0 Å². The van der Waals surface area contributed by atoms with Gasteiger partial charge in [0.1, 0.15) is 6.61 Å². The number of rotatable bonds is 6. The highest BCUT2D eigenvalue weighted by Gasteiger charge is 2.32. The van der Waals surface area contributed by atoms with Gasteiger partial charge >= 0.3 is 5.97 Å². The van der Waals surface area contributed by atoms with E-state index < -0.39 is 28.3 Å². The summed E-state index contributed by atoms with van der Waals surface area (Å²) in [6.07, 6.45) is 0.351. The van der Waals surface area contributed by atoms with Crippen LogP contribution < -0.4 is 5.32 Å². The molecule has 0 aromatic carbocycles. The summed E-state index contributed by atoms with van der Waals surface area (Å²) >= 11 is 0. The fraction of sp³-hybridized carbons (Fsp3) is 0.778. The molecule has 1 unspecified atom stereocenters. The molecular formula is C9H15NO6S. The quantitative estimate of drug-likeness (QED) is 0.574. The molecule has 0 spiro atoms. The van der Waals surface area contributed by atoms with Crippen LogP contribution in [-0.4, -0.2) is 56.7 Å². The van der Waals surface area contributed by atoms with E-state index in [1.165, 1.54) is 0 Å². The Kier molecular flexibility index (Phi) is 4.88. The lowest BCUT2D eigenvalue weighted by Gasteiger charge is -2.08. The Morgan fingerprint density at radius 3 is 2.65 bits per heavy atom. The summed E-state index contributed by atoms with van der Waals surface area (Å²) < 4.78 is 27.0. The van der Waals surface area contributed by atoms with Gasteiger partial charge in [-0.2, -0.15) is 0 Å². The number of sulfone groups is 1. The van der Waals surface area contributed by atoms with Crippen molar-refractivity contribution in [2.45, 2.75) is 6.42 Å². The second-order valence-electron chi connectivity index (χ2n) is 3.84. The third-order valence-electron chi connectivity index (χ3n) is 2.37. The highest BCUT2D eigenvalue weighted by atomic mass is 32.2. The van der Waals surface area contributed by atoms with Crippen molar-refractivity contribution in [3.63, 3.8) is 0 Å². The largest absolute Gasteiger partial charge is 0.480 e. The van der Waals surface area contributed by atoms with Gasteiger partial charge in [0.15, 0.2) is 9.84 Å². The molecule has 0 bridgehead atoms. The van der Waals surface area contributed by atoms with Gasteiger partial charge in [0.25, 0.3) is 0 Å². The van der Waals surface area contributed by atoms with Crippen LogP contribution in [0.1, 0.15) is 6.42 Å². The molecule has 98 valence electrons. The van der Waals surface area contributed by atoms with Gasteiger partial charge in [-0.3, -0.25) is 4.79 Å². The molecule has 1 atom stereocenters. The second kappa shape index (κ2) is 5.97. The van der Waals surface area contributed by atoms with Crippen LogP contribution in [0, 0.1) is 5.92 Å². The maximum atomic E-state index is 11.5. The minimum absolute atomic E-state index is 0.0562. The number of hydrogen-bond donors (Lipinski definition) is 2. The molecule has 1 fully saturated rings. The molecule has 1 aliphatic heterocycles. The molecule has 0 aromatic heterocycles. The molecule has 2 N–H and O–H groups in total. The van der Waals surface area contributed by atoms with E-state index in [1.807, 2.05) is 0 Å². The van der Waals surface area contributed by atoms with Gasteiger partial charge < -0.3 is 15.2 Å². The van der Waals surface area contributed by atoms with E-state index in [2.05, 4.69) is 5.32 Å². The molecule has 1 amide bonds. The number of aliphatic carboxylic acids is 1. The number of amides is 1. The number of carbonyl (C=O) groups is 2. The molecular weight excluding hydrogens is 250 g/mol. The summed E-state index contributed by atoms with van der Waals surface area (Å²) in [5.74, 6) is -1.92. The number of carboxylic acid groups (broad SMARTS) is 1. The smallest absolute Gasteiger partial charge is 0.329 e. The van der Waals surface area contributed by atoms with Crippen LogP contribution in [0.3, 0.4) is 0 Å². The van der Waals surface area contributed by atoms with Gasteiger partial charge in [-0.1, -0.05) is 0 Å². The predicted octanol–water partition coefficient (Wildman–Crippen LogP) is -1.36. The summed E-state index contributed by atoms with van der Waals surface area (Å²) in [5, 5.41) is 10.8. The Bertz CT molecular complexity index is 390. The van der Waals surface area contributed by atoms with Crippen molar-refractivity contribution in [1.82, 2.24) is 5.32 Å². The third kappa shape index (κ3) is 5.14. The fourth-order valence-electron chi connectivity index (χ4n) is 1.55. The van der Waals surface area contributed by atoms with Gasteiger partial charge in [-0.15, -0.1) is 0 Å². The summed E-state index contributed by atoms with van der Waals surface area (Å²) in [6.45, 7) is -0.131. The Morgan fingerprint density at radius 2 is 2.12 bits per heavy atom. The van der Waals surface area contributed by atoms with E-state index in [0.29, 0.717) is 6.42 Å². The van der Waals surface area contributed by atoms with E-state index >= 15 is 0 Å². The maximum Gasteiger partial charge on any atom is 0.329 e. The van der Waals surface area contributed by atoms with Crippen LogP contribution in [0.15, 0.2) is 0 Å². The lowest BCUT2D eigenvalue weighted by molar-refractivity contribution is -0.142. The summed E-state index contributed by atoms with van der Waals surface area (Å²) in [5.41, 5.74) is 0. The minimum atomic E-state index is -3.06. The second-order valence-corrected chi connectivity index (χ2v) is 6.07. The van der Waals surface area contributed by atoms with Crippen molar-refractivity contribution in [3.05, 3.63) is 0 Å². The zero-order chi connectivity index (χ0) is 12.9. The topological polar surface area (TPSA) is 110 Å². The average molecular weight is 265 g/mol. The van der Waals surface area contributed by atoms with Crippen LogP contribution in [0.4, 0.5) is 0 Å². The van der Waals surface area contributed by atoms with Crippen LogP contribution in [0.5, 0.6) is 0 Å². The normalized spacial score (nSPS) is 22.2. The van der Waals surface area contributed by atoms with Gasteiger partial charge in [-0.25, -0.2) is 13.2 Å². The molecule has 0 aromatic rings. The number of ether oxygens (including phenoxy) is 1. The average Bonchev–Trinajstić information content (AvgIpc) is 2.57. The monoisotopic (exact) mass is 265 g/mol. The van der Waals surface area contributed by atoms with Crippen molar-refractivity contribution >= 4 is 21.7 Å². The van der Waals surface area contributed by atoms with Crippen molar-refractivity contribution in [1.29, 1.82) is 0 Å². The minimum Gasteiger partial charge on any atom is -0.480 e. The van der Waals surface area contributed by atoms with Crippen molar-refractivity contribution in [2.75, 3.05) is 31.3 Å². The molecule has 0 aliphatic carbocycles. The molecule has 0 radical (unpaired) electrons. The Hall–Kier alpha value is -1.15. The first-order valence-electron chi connectivity index (χ1n) is 5.18.